The Kier molecular flexibility index (Phi) is 2.99. The largest absolute Gasteiger partial charge is 0.353 e. The number of hydrogen-bond acceptors (Lipinski definition) is 1. The molecule has 0 unspecified atom stereocenters. The van der Waals surface area contributed by atoms with Gasteiger partial charge in [0.15, 0.2) is 0 Å². The van der Waals surface area contributed by atoms with Crippen LogP contribution in [0.4, 0.5) is 0 Å². The Hall–Kier alpha value is -0.530. The molecule has 1 rings (SSSR count). The fourth-order valence-electron chi connectivity index (χ4n) is 1.78. The molecule has 1 amide bonds. The van der Waals surface area contributed by atoms with Gasteiger partial charge in [-0.2, -0.15) is 0 Å². The molecule has 0 bridgehead atoms. The molecule has 0 aromatic carbocycles. The van der Waals surface area contributed by atoms with E-state index in [4.69, 9.17) is 0 Å². The van der Waals surface area contributed by atoms with Crippen LogP contribution in [0.25, 0.3) is 0 Å². The predicted octanol–water partition coefficient (Wildman–Crippen LogP) is 2.34. The number of nitrogens with one attached hydrogen (secondary N) is 1. The van der Waals surface area contributed by atoms with Crippen LogP contribution in [-0.2, 0) is 4.79 Å². The van der Waals surface area contributed by atoms with Gasteiger partial charge in [0, 0.05) is 12.5 Å². The van der Waals surface area contributed by atoms with Gasteiger partial charge in [-0.1, -0.05) is 27.7 Å². The fraction of sp³-hybridized carbons (Fsp3) is 0.909. The van der Waals surface area contributed by atoms with E-state index in [-0.39, 0.29) is 11.3 Å². The van der Waals surface area contributed by atoms with Gasteiger partial charge in [0.2, 0.25) is 5.91 Å². The summed E-state index contributed by atoms with van der Waals surface area (Å²) < 4.78 is 0. The smallest absolute Gasteiger partial charge is 0.220 e. The van der Waals surface area contributed by atoms with Crippen LogP contribution < -0.4 is 5.32 Å². The van der Waals surface area contributed by atoms with Crippen LogP contribution in [0, 0.1) is 11.3 Å². The topological polar surface area (TPSA) is 29.1 Å². The van der Waals surface area contributed by atoms with Crippen molar-refractivity contribution in [1.82, 2.24) is 5.32 Å². The quantitative estimate of drug-likeness (QED) is 0.699. The third-order valence-electron chi connectivity index (χ3n) is 2.43. The van der Waals surface area contributed by atoms with E-state index in [2.05, 4.69) is 33.0 Å². The molecule has 1 aliphatic rings. The van der Waals surface area contributed by atoms with E-state index >= 15 is 0 Å². The molecule has 2 heteroatoms. The number of rotatable bonds is 2. The Morgan fingerprint density at radius 3 is 2.31 bits per heavy atom. The van der Waals surface area contributed by atoms with E-state index in [1.807, 2.05) is 0 Å². The lowest BCUT2D eigenvalue weighted by Crippen LogP contribution is -2.44. The fourth-order valence-corrected chi connectivity index (χ4v) is 1.78. The van der Waals surface area contributed by atoms with Crippen LogP contribution in [-0.4, -0.2) is 11.9 Å². The Bertz CT molecular complexity index is 187. The van der Waals surface area contributed by atoms with E-state index in [1.54, 1.807) is 0 Å². The second kappa shape index (κ2) is 3.69. The van der Waals surface area contributed by atoms with Gasteiger partial charge in [-0.15, -0.1) is 0 Å². The number of hydrogen-bond donors (Lipinski definition) is 1. The Labute approximate surface area is 81.1 Å². The van der Waals surface area contributed by atoms with Crippen molar-refractivity contribution in [3.8, 4) is 0 Å². The monoisotopic (exact) mass is 183 g/mol. The summed E-state index contributed by atoms with van der Waals surface area (Å²) in [6.45, 7) is 8.51. The summed E-state index contributed by atoms with van der Waals surface area (Å²) >= 11 is 0. The van der Waals surface area contributed by atoms with Gasteiger partial charge < -0.3 is 5.32 Å². The van der Waals surface area contributed by atoms with Gasteiger partial charge in [-0.25, -0.2) is 0 Å². The lowest BCUT2D eigenvalue weighted by atomic mass is 9.81. The van der Waals surface area contributed by atoms with Crippen molar-refractivity contribution in [2.45, 2.75) is 53.0 Å². The lowest BCUT2D eigenvalue weighted by Gasteiger charge is -2.34. The molecule has 1 saturated carbocycles. The van der Waals surface area contributed by atoms with E-state index < -0.39 is 0 Å². The number of carbonyl (C=O) groups excluding carboxylic acids is 1. The molecule has 13 heavy (non-hydrogen) atoms. The van der Waals surface area contributed by atoms with Crippen LogP contribution in [0.1, 0.15) is 47.0 Å². The molecule has 0 atom stereocenters. The highest BCUT2D eigenvalue weighted by molar-refractivity contribution is 5.76. The highest BCUT2D eigenvalue weighted by Gasteiger charge is 2.27. The molecule has 76 valence electrons. The molecular weight excluding hydrogens is 162 g/mol. The minimum absolute atomic E-state index is 0.111. The molecule has 0 aromatic rings. The molecule has 1 fully saturated rings. The molecule has 1 N–H and O–H groups in total. The van der Waals surface area contributed by atoms with Gasteiger partial charge in [-0.05, 0) is 24.2 Å². The molecule has 2 nitrogen and oxygen atoms in total. The highest BCUT2D eigenvalue weighted by Crippen LogP contribution is 2.27. The standard InChI is InChI=1S/C11H21NO/c1-8-5-9(6-8)12-10(13)7-11(2,3)4/h8-9H,5-7H2,1-4H3,(H,12,13). The van der Waals surface area contributed by atoms with Crippen LogP contribution in [0.2, 0.25) is 0 Å². The maximum absolute atomic E-state index is 11.5. The second-order valence-electron chi connectivity index (χ2n) is 5.58. The van der Waals surface area contributed by atoms with Crippen molar-refractivity contribution in [2.75, 3.05) is 0 Å². The average molecular weight is 183 g/mol. The zero-order valence-corrected chi connectivity index (χ0v) is 9.18. The first-order valence-corrected chi connectivity index (χ1v) is 5.16. The van der Waals surface area contributed by atoms with Crippen LogP contribution in [0.3, 0.4) is 0 Å². The lowest BCUT2D eigenvalue weighted by molar-refractivity contribution is -0.124. The molecule has 0 saturated heterocycles. The molecule has 0 heterocycles. The SMILES string of the molecule is CC1CC(NC(=O)CC(C)(C)C)C1. The predicted molar refractivity (Wildman–Crippen MR) is 54.4 cm³/mol. The van der Waals surface area contributed by atoms with E-state index in [0.29, 0.717) is 12.5 Å². The molecule has 0 aromatic heterocycles. The normalized spacial score (nSPS) is 28.0. The zero-order valence-electron chi connectivity index (χ0n) is 9.18. The zero-order chi connectivity index (χ0) is 10.1. The van der Waals surface area contributed by atoms with Crippen molar-refractivity contribution in [3.63, 3.8) is 0 Å². The van der Waals surface area contributed by atoms with Crippen molar-refractivity contribution in [1.29, 1.82) is 0 Å². The number of carbonyl (C=O) groups is 1. The minimum atomic E-state index is 0.111. The third-order valence-corrected chi connectivity index (χ3v) is 2.43. The van der Waals surface area contributed by atoms with E-state index in [9.17, 15) is 4.79 Å². The maximum Gasteiger partial charge on any atom is 0.220 e. The van der Waals surface area contributed by atoms with Crippen LogP contribution >= 0.6 is 0 Å². The average Bonchev–Trinajstić information content (AvgIpc) is 1.79. The van der Waals surface area contributed by atoms with Crippen LogP contribution in [0.5, 0.6) is 0 Å². The summed E-state index contributed by atoms with van der Waals surface area (Å²) in [5.74, 6) is 1.02. The molecule has 0 radical (unpaired) electrons. The first kappa shape index (κ1) is 10.6. The second-order valence-corrected chi connectivity index (χ2v) is 5.58. The summed E-state index contributed by atoms with van der Waals surface area (Å²) in [6.07, 6.45) is 2.96. The van der Waals surface area contributed by atoms with Crippen molar-refractivity contribution < 1.29 is 4.79 Å². The first-order chi connectivity index (χ1) is 5.87. The van der Waals surface area contributed by atoms with E-state index in [1.165, 1.54) is 0 Å². The summed E-state index contributed by atoms with van der Waals surface area (Å²) in [6, 6.07) is 0.463. The van der Waals surface area contributed by atoms with Crippen molar-refractivity contribution >= 4 is 5.91 Å². The Balaban J connectivity index is 2.19. The summed E-state index contributed by atoms with van der Waals surface area (Å²) in [7, 11) is 0. The number of amides is 1. The Morgan fingerprint density at radius 2 is 1.92 bits per heavy atom. The van der Waals surface area contributed by atoms with Crippen LogP contribution in [0.15, 0.2) is 0 Å². The van der Waals surface area contributed by atoms with Gasteiger partial charge in [0.05, 0.1) is 0 Å². The minimum Gasteiger partial charge on any atom is -0.353 e. The highest BCUT2D eigenvalue weighted by atomic mass is 16.1. The molecule has 1 aliphatic carbocycles. The van der Waals surface area contributed by atoms with Gasteiger partial charge in [0.25, 0.3) is 0 Å². The van der Waals surface area contributed by atoms with Crippen molar-refractivity contribution in [3.05, 3.63) is 0 Å². The summed E-state index contributed by atoms with van der Waals surface area (Å²) in [4.78, 5) is 11.5. The summed E-state index contributed by atoms with van der Waals surface area (Å²) in [5.41, 5.74) is 0.111. The van der Waals surface area contributed by atoms with E-state index in [0.717, 1.165) is 18.8 Å². The maximum atomic E-state index is 11.5. The molecular formula is C11H21NO. The first-order valence-electron chi connectivity index (χ1n) is 5.16. The van der Waals surface area contributed by atoms with Gasteiger partial charge in [0.1, 0.15) is 0 Å². The Morgan fingerprint density at radius 1 is 1.38 bits per heavy atom. The molecule has 0 spiro atoms. The van der Waals surface area contributed by atoms with Crippen molar-refractivity contribution in [2.24, 2.45) is 11.3 Å². The molecule has 0 aliphatic heterocycles. The summed E-state index contributed by atoms with van der Waals surface area (Å²) in [5, 5.41) is 3.06. The van der Waals surface area contributed by atoms with Gasteiger partial charge in [-0.3, -0.25) is 4.79 Å². The van der Waals surface area contributed by atoms with Gasteiger partial charge >= 0.3 is 0 Å². The third kappa shape index (κ3) is 3.79.